The van der Waals surface area contributed by atoms with Crippen LogP contribution in [0, 0.1) is 0 Å². The van der Waals surface area contributed by atoms with Gasteiger partial charge in [0.05, 0.1) is 6.04 Å². The summed E-state index contributed by atoms with van der Waals surface area (Å²) >= 11 is 7.52. The normalized spacial score (nSPS) is 20.7. The predicted octanol–water partition coefficient (Wildman–Crippen LogP) is 1.36. The van der Waals surface area contributed by atoms with Crippen LogP contribution in [0.2, 0.25) is 5.02 Å². The topological polar surface area (TPSA) is 116 Å². The SMILES string of the molecule is CCC(CSc1ccc(Cl)cc1)N(C(=O)C(N)(O)C(C)(N)O)N1CCCC1. The Kier molecular flexibility index (Phi) is 7.54. The maximum absolute atomic E-state index is 13.1. The van der Waals surface area contributed by atoms with Crippen LogP contribution in [0.5, 0.6) is 0 Å². The molecule has 0 aromatic heterocycles. The fourth-order valence-corrected chi connectivity index (χ4v) is 4.13. The lowest BCUT2D eigenvalue weighted by atomic mass is 10.0. The van der Waals surface area contributed by atoms with Crippen molar-refractivity contribution in [2.75, 3.05) is 18.8 Å². The highest BCUT2D eigenvalue weighted by Crippen LogP contribution is 2.27. The van der Waals surface area contributed by atoms with Crippen molar-refractivity contribution in [3.8, 4) is 0 Å². The van der Waals surface area contributed by atoms with Crippen molar-refractivity contribution < 1.29 is 15.0 Å². The lowest BCUT2D eigenvalue weighted by molar-refractivity contribution is -0.198. The highest BCUT2D eigenvalue weighted by molar-refractivity contribution is 7.99. The smallest absolute Gasteiger partial charge is 0.288 e. The van der Waals surface area contributed by atoms with Gasteiger partial charge in [0.1, 0.15) is 0 Å². The number of amides is 1. The summed E-state index contributed by atoms with van der Waals surface area (Å²) in [7, 11) is 0. The Hall–Kier alpha value is -0.870. The van der Waals surface area contributed by atoms with Crippen molar-refractivity contribution in [1.29, 1.82) is 0 Å². The average Bonchev–Trinajstić information content (AvgIpc) is 3.12. The maximum atomic E-state index is 13.1. The Balaban J connectivity index is 2.22. The molecule has 1 fully saturated rings. The van der Waals surface area contributed by atoms with Gasteiger partial charge in [0, 0.05) is 28.8 Å². The number of nitrogens with two attached hydrogens (primary N) is 2. The molecule has 7 nitrogen and oxygen atoms in total. The number of benzene rings is 1. The van der Waals surface area contributed by atoms with Gasteiger partial charge in [-0.2, -0.15) is 0 Å². The molecule has 1 aromatic rings. The predicted molar refractivity (Wildman–Crippen MR) is 108 cm³/mol. The zero-order valence-corrected chi connectivity index (χ0v) is 17.3. The Morgan fingerprint density at radius 2 is 1.85 bits per heavy atom. The molecular weight excluding hydrogens is 388 g/mol. The van der Waals surface area contributed by atoms with Gasteiger partial charge in [0.25, 0.3) is 5.91 Å². The van der Waals surface area contributed by atoms with Crippen molar-refractivity contribution in [3.05, 3.63) is 29.3 Å². The van der Waals surface area contributed by atoms with Gasteiger partial charge in [-0.25, -0.2) is 5.01 Å². The van der Waals surface area contributed by atoms with Gasteiger partial charge in [-0.05, 0) is 50.5 Å². The molecule has 3 atom stereocenters. The molecular formula is C18H29ClN4O3S. The Morgan fingerprint density at radius 1 is 1.30 bits per heavy atom. The van der Waals surface area contributed by atoms with E-state index in [4.69, 9.17) is 23.1 Å². The minimum atomic E-state index is -2.59. The third-order valence-corrected chi connectivity index (χ3v) is 6.18. The van der Waals surface area contributed by atoms with Gasteiger partial charge in [0.2, 0.25) is 5.72 Å². The number of rotatable bonds is 8. The van der Waals surface area contributed by atoms with Crippen LogP contribution in [0.3, 0.4) is 0 Å². The molecule has 1 aliphatic rings. The summed E-state index contributed by atoms with van der Waals surface area (Å²) in [6, 6.07) is 7.27. The molecule has 0 radical (unpaired) electrons. The minimum absolute atomic E-state index is 0.214. The number of carbonyl (C=O) groups excluding carboxylic acids is 1. The first-order valence-electron chi connectivity index (χ1n) is 9.07. The summed E-state index contributed by atoms with van der Waals surface area (Å²) in [5.41, 5.74) is 6.48. The standard InChI is InChI=1S/C18H29ClN4O3S/c1-3-14(12-27-15-8-6-13(19)7-9-15)23(22-10-4-5-11-22)16(24)18(21,26)17(2,20)25/h6-9,14,25-26H,3-5,10-12,20-21H2,1-2H3. The number of aliphatic hydroxyl groups is 2. The fraction of sp³-hybridized carbons (Fsp3) is 0.611. The molecule has 0 spiro atoms. The zero-order chi connectivity index (χ0) is 20.2. The van der Waals surface area contributed by atoms with Gasteiger partial charge < -0.3 is 10.2 Å². The van der Waals surface area contributed by atoms with Crippen LogP contribution in [0.15, 0.2) is 29.2 Å². The van der Waals surface area contributed by atoms with Crippen LogP contribution in [-0.2, 0) is 4.79 Å². The fourth-order valence-electron chi connectivity index (χ4n) is 2.92. The molecule has 1 aromatic carbocycles. The van der Waals surface area contributed by atoms with Crippen molar-refractivity contribution >= 4 is 29.3 Å². The molecule has 1 amide bonds. The van der Waals surface area contributed by atoms with E-state index in [0.29, 0.717) is 30.3 Å². The van der Waals surface area contributed by atoms with Gasteiger partial charge >= 0.3 is 0 Å². The van der Waals surface area contributed by atoms with E-state index in [2.05, 4.69) is 0 Å². The molecule has 0 saturated carbocycles. The van der Waals surface area contributed by atoms with Crippen molar-refractivity contribution in [2.24, 2.45) is 11.5 Å². The minimum Gasteiger partial charge on any atom is -0.371 e. The molecule has 152 valence electrons. The molecule has 6 N–H and O–H groups in total. The number of hydrazine groups is 1. The summed E-state index contributed by atoms with van der Waals surface area (Å²) in [6.07, 6.45) is 2.56. The van der Waals surface area contributed by atoms with Gasteiger partial charge in [-0.15, -0.1) is 11.8 Å². The van der Waals surface area contributed by atoms with Crippen molar-refractivity contribution in [1.82, 2.24) is 10.0 Å². The Bertz CT molecular complexity index is 630. The lowest BCUT2D eigenvalue weighted by Crippen LogP contribution is -2.74. The van der Waals surface area contributed by atoms with Crippen LogP contribution in [0.1, 0.15) is 33.1 Å². The number of halogens is 1. The monoisotopic (exact) mass is 416 g/mol. The molecule has 1 aliphatic heterocycles. The molecule has 1 heterocycles. The number of carbonyl (C=O) groups is 1. The molecule has 1 saturated heterocycles. The van der Waals surface area contributed by atoms with E-state index in [1.807, 2.05) is 36.2 Å². The van der Waals surface area contributed by atoms with Crippen LogP contribution >= 0.6 is 23.4 Å². The molecule has 0 bridgehead atoms. The van der Waals surface area contributed by atoms with Gasteiger partial charge in [-0.1, -0.05) is 18.5 Å². The quantitative estimate of drug-likeness (QED) is 0.373. The van der Waals surface area contributed by atoms with E-state index in [1.54, 1.807) is 11.8 Å². The van der Waals surface area contributed by atoms with Crippen molar-refractivity contribution in [3.63, 3.8) is 0 Å². The molecule has 2 rings (SSSR count). The number of hydrogen-bond acceptors (Lipinski definition) is 7. The second-order valence-corrected chi connectivity index (χ2v) is 8.58. The second kappa shape index (κ2) is 9.09. The first-order valence-corrected chi connectivity index (χ1v) is 10.4. The van der Waals surface area contributed by atoms with Gasteiger partial charge in [-0.3, -0.25) is 21.3 Å². The first kappa shape index (κ1) is 22.4. The van der Waals surface area contributed by atoms with E-state index >= 15 is 0 Å². The molecule has 3 unspecified atom stereocenters. The maximum Gasteiger partial charge on any atom is 0.288 e. The average molecular weight is 417 g/mol. The third-order valence-electron chi connectivity index (χ3n) is 4.77. The van der Waals surface area contributed by atoms with Crippen LogP contribution < -0.4 is 11.5 Å². The van der Waals surface area contributed by atoms with Gasteiger partial charge in [0.15, 0.2) is 5.72 Å². The largest absolute Gasteiger partial charge is 0.371 e. The van der Waals surface area contributed by atoms with Crippen LogP contribution in [0.25, 0.3) is 0 Å². The molecule has 27 heavy (non-hydrogen) atoms. The zero-order valence-electron chi connectivity index (χ0n) is 15.8. The van der Waals surface area contributed by atoms with E-state index < -0.39 is 17.4 Å². The summed E-state index contributed by atoms with van der Waals surface area (Å²) < 4.78 is 0. The number of hydrogen-bond donors (Lipinski definition) is 4. The lowest BCUT2D eigenvalue weighted by Gasteiger charge is -2.44. The number of thioether (sulfide) groups is 1. The highest BCUT2D eigenvalue weighted by Gasteiger charge is 2.51. The van der Waals surface area contributed by atoms with Crippen molar-refractivity contribution in [2.45, 2.75) is 55.5 Å². The summed E-state index contributed by atoms with van der Waals surface area (Å²) in [6.45, 7) is 4.48. The number of nitrogens with zero attached hydrogens (tertiary/aromatic N) is 2. The third kappa shape index (κ3) is 5.35. The molecule has 9 heteroatoms. The summed E-state index contributed by atoms with van der Waals surface area (Å²) in [5.74, 6) is -0.191. The van der Waals surface area contributed by atoms with E-state index in [0.717, 1.165) is 24.7 Å². The first-order chi connectivity index (χ1) is 12.6. The van der Waals surface area contributed by atoms with Crippen LogP contribution in [0.4, 0.5) is 0 Å². The summed E-state index contributed by atoms with van der Waals surface area (Å²) in [5, 5.41) is 24.5. The van der Waals surface area contributed by atoms with E-state index in [9.17, 15) is 15.0 Å². The Labute approximate surface area is 169 Å². The van der Waals surface area contributed by atoms with E-state index in [1.165, 1.54) is 5.01 Å². The van der Waals surface area contributed by atoms with Crippen LogP contribution in [-0.4, -0.2) is 62.5 Å². The summed E-state index contributed by atoms with van der Waals surface area (Å²) in [4.78, 5) is 14.1. The Morgan fingerprint density at radius 3 is 2.33 bits per heavy atom. The highest BCUT2D eigenvalue weighted by atomic mass is 35.5. The van der Waals surface area contributed by atoms with E-state index in [-0.39, 0.29) is 6.04 Å². The molecule has 0 aliphatic carbocycles. The second-order valence-electron chi connectivity index (χ2n) is 7.05.